The van der Waals surface area contributed by atoms with E-state index < -0.39 is 23.4 Å². The number of rotatable bonds is 2. The van der Waals surface area contributed by atoms with E-state index in [-0.39, 0.29) is 11.6 Å². The van der Waals surface area contributed by atoms with Crippen LogP contribution in [0.5, 0.6) is 0 Å². The monoisotopic (exact) mass is 345 g/mol. The van der Waals surface area contributed by atoms with Crippen molar-refractivity contribution in [2.75, 3.05) is 5.32 Å². The molecule has 0 aliphatic heterocycles. The summed E-state index contributed by atoms with van der Waals surface area (Å²) in [6.07, 6.45) is 3.54. The van der Waals surface area contributed by atoms with Crippen molar-refractivity contribution in [2.45, 2.75) is 19.3 Å². The fourth-order valence-corrected chi connectivity index (χ4v) is 3.24. The van der Waals surface area contributed by atoms with Gasteiger partial charge in [-0.2, -0.15) is 0 Å². The van der Waals surface area contributed by atoms with Gasteiger partial charge in [0.2, 0.25) is 5.91 Å². The van der Waals surface area contributed by atoms with Crippen LogP contribution in [0.15, 0.2) is 36.5 Å². The van der Waals surface area contributed by atoms with Crippen LogP contribution in [0.1, 0.15) is 17.8 Å². The van der Waals surface area contributed by atoms with Crippen molar-refractivity contribution in [1.29, 1.82) is 0 Å². The minimum Gasteiger partial charge on any atom is -0.323 e. The maximum absolute atomic E-state index is 13.7. The maximum Gasteiger partial charge on any atom is 0.227 e. The minimum atomic E-state index is -1.59. The molecule has 0 spiro atoms. The average Bonchev–Trinajstić information content (AvgIpc) is 3.00. The molecule has 7 heteroatoms. The van der Waals surface area contributed by atoms with Gasteiger partial charge in [0.05, 0.1) is 11.4 Å². The van der Waals surface area contributed by atoms with Crippen molar-refractivity contribution in [2.24, 2.45) is 5.92 Å². The molecule has 0 saturated carbocycles. The molecule has 1 amide bonds. The smallest absolute Gasteiger partial charge is 0.227 e. The molecule has 1 N–H and O–H groups in total. The molecule has 0 bridgehead atoms. The van der Waals surface area contributed by atoms with Gasteiger partial charge < -0.3 is 9.72 Å². The Labute approximate surface area is 141 Å². The molecule has 2 heterocycles. The number of aryl methyl sites for hydroxylation is 1. The Balaban J connectivity index is 1.57. The first-order chi connectivity index (χ1) is 12.0. The number of hydrogen-bond donors (Lipinski definition) is 1. The van der Waals surface area contributed by atoms with Crippen molar-refractivity contribution in [3.8, 4) is 0 Å². The second kappa shape index (κ2) is 5.91. The number of carbonyl (C=O) groups excluding carboxylic acids is 1. The number of imidazole rings is 1. The van der Waals surface area contributed by atoms with E-state index in [1.54, 1.807) is 0 Å². The Bertz CT molecular complexity index is 983. The van der Waals surface area contributed by atoms with E-state index in [4.69, 9.17) is 0 Å². The Morgan fingerprint density at radius 2 is 2.00 bits per heavy atom. The summed E-state index contributed by atoms with van der Waals surface area (Å²) >= 11 is 0. The summed E-state index contributed by atoms with van der Waals surface area (Å²) < 4.78 is 42.0. The molecule has 3 aromatic rings. The van der Waals surface area contributed by atoms with Crippen LogP contribution in [-0.2, 0) is 17.6 Å². The molecule has 1 aliphatic carbocycles. The number of fused-ring (bicyclic) bond motifs is 3. The molecule has 1 aromatic carbocycles. The number of amides is 1. The standard InChI is InChI=1S/C18H14F3N3O/c19-11-5-7-13(17(21)16(11)20)23-18(25)10-4-6-12-14(9-10)24-8-2-1-3-15(24)22-12/h1-3,5,7-8,10H,4,6,9H2,(H,23,25). The van der Waals surface area contributed by atoms with Gasteiger partial charge in [0.25, 0.3) is 0 Å². The molecule has 2 aromatic heterocycles. The molecule has 4 nitrogen and oxygen atoms in total. The first kappa shape index (κ1) is 15.7. The summed E-state index contributed by atoms with van der Waals surface area (Å²) in [5.74, 6) is -5.07. The van der Waals surface area contributed by atoms with Crippen LogP contribution in [0, 0.1) is 23.4 Å². The Kier molecular flexibility index (Phi) is 3.71. The first-order valence-corrected chi connectivity index (χ1v) is 7.94. The van der Waals surface area contributed by atoms with Crippen molar-refractivity contribution in [3.63, 3.8) is 0 Å². The lowest BCUT2D eigenvalue weighted by Crippen LogP contribution is -2.29. The topological polar surface area (TPSA) is 46.4 Å². The third-order valence-electron chi connectivity index (χ3n) is 4.54. The molecule has 0 fully saturated rings. The lowest BCUT2D eigenvalue weighted by atomic mass is 9.89. The number of halogens is 3. The number of nitrogens with zero attached hydrogens (tertiary/aromatic N) is 2. The third kappa shape index (κ3) is 2.65. The lowest BCUT2D eigenvalue weighted by molar-refractivity contribution is -0.120. The van der Waals surface area contributed by atoms with Gasteiger partial charge in [0, 0.05) is 24.2 Å². The number of nitrogens with one attached hydrogen (secondary N) is 1. The number of benzene rings is 1. The van der Waals surface area contributed by atoms with E-state index in [0.29, 0.717) is 19.3 Å². The SMILES string of the molecule is O=C(Nc1ccc(F)c(F)c1F)C1CCc2nc3ccccn3c2C1. The van der Waals surface area contributed by atoms with E-state index in [1.807, 2.05) is 28.8 Å². The lowest BCUT2D eigenvalue weighted by Gasteiger charge is -2.21. The van der Waals surface area contributed by atoms with E-state index in [2.05, 4.69) is 10.3 Å². The van der Waals surface area contributed by atoms with Gasteiger partial charge in [-0.05, 0) is 37.1 Å². The van der Waals surface area contributed by atoms with Gasteiger partial charge in [-0.3, -0.25) is 4.79 Å². The molecule has 1 aliphatic rings. The van der Waals surface area contributed by atoms with E-state index in [1.165, 1.54) is 0 Å². The van der Waals surface area contributed by atoms with E-state index >= 15 is 0 Å². The van der Waals surface area contributed by atoms with Crippen LogP contribution in [-0.4, -0.2) is 15.3 Å². The van der Waals surface area contributed by atoms with Gasteiger partial charge in [-0.15, -0.1) is 0 Å². The zero-order chi connectivity index (χ0) is 17.6. The molecule has 128 valence electrons. The second-order valence-electron chi connectivity index (χ2n) is 6.09. The van der Waals surface area contributed by atoms with Crippen LogP contribution in [0.4, 0.5) is 18.9 Å². The van der Waals surface area contributed by atoms with Gasteiger partial charge in [-0.25, -0.2) is 18.2 Å². The molecular weight excluding hydrogens is 331 g/mol. The van der Waals surface area contributed by atoms with E-state index in [9.17, 15) is 18.0 Å². The van der Waals surface area contributed by atoms with Crippen LogP contribution < -0.4 is 5.32 Å². The summed E-state index contributed by atoms with van der Waals surface area (Å²) in [5.41, 5.74) is 2.37. The Morgan fingerprint density at radius 3 is 2.84 bits per heavy atom. The zero-order valence-electron chi connectivity index (χ0n) is 13.1. The number of aromatic nitrogens is 2. The fraction of sp³-hybridized carbons (Fsp3) is 0.222. The quantitative estimate of drug-likeness (QED) is 0.723. The number of pyridine rings is 1. The van der Waals surface area contributed by atoms with Gasteiger partial charge in [0.1, 0.15) is 5.65 Å². The highest BCUT2D eigenvalue weighted by Gasteiger charge is 2.29. The maximum atomic E-state index is 13.7. The highest BCUT2D eigenvalue weighted by Crippen LogP contribution is 2.28. The predicted octanol–water partition coefficient (Wildman–Crippen LogP) is 3.50. The summed E-state index contributed by atoms with van der Waals surface area (Å²) in [7, 11) is 0. The number of carbonyl (C=O) groups is 1. The van der Waals surface area contributed by atoms with Crippen LogP contribution in [0.3, 0.4) is 0 Å². The van der Waals surface area contributed by atoms with Crippen molar-refractivity contribution >= 4 is 17.2 Å². The minimum absolute atomic E-state index is 0.354. The van der Waals surface area contributed by atoms with Crippen molar-refractivity contribution in [1.82, 2.24) is 9.38 Å². The normalized spacial score (nSPS) is 16.7. The summed E-state index contributed by atoms with van der Waals surface area (Å²) in [4.78, 5) is 17.0. The predicted molar refractivity (Wildman–Crippen MR) is 85.7 cm³/mol. The Morgan fingerprint density at radius 1 is 1.16 bits per heavy atom. The molecule has 4 rings (SSSR count). The Hall–Kier alpha value is -2.83. The van der Waals surface area contributed by atoms with Gasteiger partial charge >= 0.3 is 0 Å². The highest BCUT2D eigenvalue weighted by molar-refractivity contribution is 5.93. The number of anilines is 1. The van der Waals surface area contributed by atoms with Crippen LogP contribution in [0.2, 0.25) is 0 Å². The van der Waals surface area contributed by atoms with Gasteiger partial charge in [-0.1, -0.05) is 6.07 Å². The average molecular weight is 345 g/mol. The summed E-state index contributed by atoms with van der Waals surface area (Å²) in [6, 6.07) is 7.48. The molecule has 0 radical (unpaired) electrons. The molecule has 0 saturated heterocycles. The molecule has 25 heavy (non-hydrogen) atoms. The second-order valence-corrected chi connectivity index (χ2v) is 6.09. The first-order valence-electron chi connectivity index (χ1n) is 7.94. The molecule has 1 unspecified atom stereocenters. The highest BCUT2D eigenvalue weighted by atomic mass is 19.2. The van der Waals surface area contributed by atoms with Crippen molar-refractivity contribution in [3.05, 3.63) is 65.4 Å². The van der Waals surface area contributed by atoms with Crippen LogP contribution >= 0.6 is 0 Å². The fourth-order valence-electron chi connectivity index (χ4n) is 3.24. The summed E-state index contributed by atoms with van der Waals surface area (Å²) in [6.45, 7) is 0. The van der Waals surface area contributed by atoms with E-state index in [0.717, 1.165) is 29.2 Å². The van der Waals surface area contributed by atoms with Crippen molar-refractivity contribution < 1.29 is 18.0 Å². The summed E-state index contributed by atoms with van der Waals surface area (Å²) in [5, 5.41) is 2.37. The molecule has 1 atom stereocenters. The van der Waals surface area contributed by atoms with Gasteiger partial charge in [0.15, 0.2) is 17.5 Å². The zero-order valence-corrected chi connectivity index (χ0v) is 13.1. The van der Waals surface area contributed by atoms with Crippen LogP contribution in [0.25, 0.3) is 5.65 Å². The largest absolute Gasteiger partial charge is 0.323 e. The number of hydrogen-bond acceptors (Lipinski definition) is 2. The molecular formula is C18H14F3N3O. The third-order valence-corrected chi connectivity index (χ3v) is 4.54.